The average molecular weight is 440 g/mol. The van der Waals surface area contributed by atoms with Crippen LogP contribution in [0.15, 0.2) is 52.7 Å². The monoisotopic (exact) mass is 439 g/mol. The largest absolute Gasteiger partial charge is 0.350 e. The van der Waals surface area contributed by atoms with Crippen LogP contribution in [0.1, 0.15) is 36.6 Å². The Morgan fingerprint density at radius 3 is 2.57 bits per heavy atom. The number of aromatic nitrogens is 1. The minimum absolute atomic E-state index is 0.0450. The minimum Gasteiger partial charge on any atom is -0.350 e. The molecule has 0 bridgehead atoms. The van der Waals surface area contributed by atoms with Gasteiger partial charge >= 0.3 is 0 Å². The first-order valence-corrected chi connectivity index (χ1v) is 11.5. The second-order valence-corrected chi connectivity index (χ2v) is 9.06. The molecule has 3 rings (SSSR count). The van der Waals surface area contributed by atoms with Crippen molar-refractivity contribution in [2.24, 2.45) is 0 Å². The summed E-state index contributed by atoms with van der Waals surface area (Å²) >= 11 is 2.94. The van der Waals surface area contributed by atoms with Crippen LogP contribution in [0.3, 0.4) is 0 Å². The molecule has 2 N–H and O–H groups in total. The number of aryl methyl sites for hydroxylation is 2. The number of hydrogen-bond donors (Lipinski definition) is 2. The summed E-state index contributed by atoms with van der Waals surface area (Å²) in [4.78, 5) is 29.2. The molecule has 0 fully saturated rings. The molecule has 3 aromatic rings. The Morgan fingerprint density at radius 2 is 1.87 bits per heavy atom. The van der Waals surface area contributed by atoms with Gasteiger partial charge in [-0.15, -0.1) is 23.1 Å². The van der Waals surface area contributed by atoms with Crippen molar-refractivity contribution in [3.63, 3.8) is 0 Å². The highest BCUT2D eigenvalue weighted by molar-refractivity contribution is 8.00. The van der Waals surface area contributed by atoms with Crippen LogP contribution in [0.25, 0.3) is 11.3 Å². The van der Waals surface area contributed by atoms with Crippen molar-refractivity contribution in [1.82, 2.24) is 10.3 Å². The van der Waals surface area contributed by atoms with E-state index in [2.05, 4.69) is 40.7 Å². The maximum atomic E-state index is 12.3. The van der Waals surface area contributed by atoms with E-state index in [-0.39, 0.29) is 17.9 Å². The summed E-state index contributed by atoms with van der Waals surface area (Å²) in [7, 11) is 0. The lowest BCUT2D eigenvalue weighted by Crippen LogP contribution is -2.23. The second kappa shape index (κ2) is 9.91. The van der Waals surface area contributed by atoms with Gasteiger partial charge in [-0.1, -0.05) is 42.0 Å². The van der Waals surface area contributed by atoms with Crippen molar-refractivity contribution >= 4 is 40.0 Å². The molecule has 30 heavy (non-hydrogen) atoms. The molecule has 2 aromatic carbocycles. The Morgan fingerprint density at radius 1 is 1.13 bits per heavy atom. The van der Waals surface area contributed by atoms with Gasteiger partial charge < -0.3 is 10.6 Å². The van der Waals surface area contributed by atoms with E-state index < -0.39 is 0 Å². The molecule has 2 amide bonds. The van der Waals surface area contributed by atoms with E-state index in [1.54, 1.807) is 0 Å². The molecule has 0 aliphatic rings. The van der Waals surface area contributed by atoms with E-state index in [4.69, 9.17) is 0 Å². The topological polar surface area (TPSA) is 71.1 Å². The predicted molar refractivity (Wildman–Crippen MR) is 125 cm³/mol. The summed E-state index contributed by atoms with van der Waals surface area (Å²) in [6.45, 7) is 7.56. The summed E-state index contributed by atoms with van der Waals surface area (Å²) in [5.41, 5.74) is 5.17. The number of hydrogen-bond acceptors (Lipinski definition) is 5. The third-order valence-electron chi connectivity index (χ3n) is 4.58. The SMILES string of the molecule is CC(=O)NC(C)c1ccc(-c2csc(NC(=O)CSc3cc(C)ccc3C)n2)cc1. The number of rotatable bonds is 7. The Bertz CT molecular complexity index is 1040. The number of nitrogens with one attached hydrogen (secondary N) is 2. The molecular formula is C23H25N3O2S2. The van der Waals surface area contributed by atoms with Gasteiger partial charge in [0.1, 0.15) is 0 Å². The molecule has 0 saturated heterocycles. The second-order valence-electron chi connectivity index (χ2n) is 7.19. The fraction of sp³-hybridized carbons (Fsp3) is 0.261. The number of thiazole rings is 1. The van der Waals surface area contributed by atoms with Crippen LogP contribution in [0.4, 0.5) is 5.13 Å². The third-order valence-corrected chi connectivity index (χ3v) is 6.49. The highest BCUT2D eigenvalue weighted by Gasteiger charge is 2.11. The lowest BCUT2D eigenvalue weighted by atomic mass is 10.1. The number of nitrogens with zero attached hydrogens (tertiary/aromatic N) is 1. The Balaban J connectivity index is 1.58. The molecule has 5 nitrogen and oxygen atoms in total. The summed E-state index contributed by atoms with van der Waals surface area (Å²) in [6.07, 6.45) is 0. The van der Waals surface area contributed by atoms with Gasteiger partial charge in [0, 0.05) is 22.8 Å². The van der Waals surface area contributed by atoms with Crippen LogP contribution in [0.2, 0.25) is 0 Å². The Labute approximate surface area is 185 Å². The normalized spacial score (nSPS) is 11.7. The molecule has 156 valence electrons. The van der Waals surface area contributed by atoms with Gasteiger partial charge in [-0.3, -0.25) is 9.59 Å². The fourth-order valence-electron chi connectivity index (χ4n) is 2.96. The first-order valence-electron chi connectivity index (χ1n) is 9.64. The molecular weight excluding hydrogens is 414 g/mol. The van der Waals surface area contributed by atoms with Crippen molar-refractivity contribution in [3.8, 4) is 11.3 Å². The molecule has 1 atom stereocenters. The molecule has 0 radical (unpaired) electrons. The quantitative estimate of drug-likeness (QED) is 0.487. The number of amides is 2. The van der Waals surface area contributed by atoms with E-state index in [0.29, 0.717) is 10.9 Å². The van der Waals surface area contributed by atoms with Crippen LogP contribution in [0, 0.1) is 13.8 Å². The highest BCUT2D eigenvalue weighted by Crippen LogP contribution is 2.27. The molecule has 0 saturated carbocycles. The Hall–Kier alpha value is -2.64. The third kappa shape index (κ3) is 5.93. The van der Waals surface area contributed by atoms with E-state index in [9.17, 15) is 9.59 Å². The van der Waals surface area contributed by atoms with Crippen LogP contribution in [-0.4, -0.2) is 22.6 Å². The molecule has 0 spiro atoms. The van der Waals surface area contributed by atoms with Gasteiger partial charge in [-0.25, -0.2) is 4.98 Å². The summed E-state index contributed by atoms with van der Waals surface area (Å²) in [6, 6.07) is 14.1. The van der Waals surface area contributed by atoms with Crippen LogP contribution in [-0.2, 0) is 9.59 Å². The minimum atomic E-state index is -0.0683. The summed E-state index contributed by atoms with van der Waals surface area (Å²) in [5.74, 6) is 0.220. The van der Waals surface area contributed by atoms with Crippen molar-refractivity contribution in [2.45, 2.75) is 38.6 Å². The van der Waals surface area contributed by atoms with E-state index in [0.717, 1.165) is 21.7 Å². The zero-order chi connectivity index (χ0) is 21.7. The first kappa shape index (κ1) is 22.1. The van der Waals surface area contributed by atoms with Crippen molar-refractivity contribution in [3.05, 3.63) is 64.5 Å². The number of benzene rings is 2. The first-order chi connectivity index (χ1) is 14.3. The van der Waals surface area contributed by atoms with Crippen molar-refractivity contribution < 1.29 is 9.59 Å². The standard InChI is InChI=1S/C23H25N3O2S2/c1-14-5-6-15(2)21(11-14)29-13-22(28)26-23-25-20(12-30-23)19-9-7-18(8-10-19)16(3)24-17(4)27/h5-12,16H,13H2,1-4H3,(H,24,27)(H,25,26,28). The lowest BCUT2D eigenvalue weighted by Gasteiger charge is -2.13. The van der Waals surface area contributed by atoms with Gasteiger partial charge in [0.15, 0.2) is 5.13 Å². The van der Waals surface area contributed by atoms with Gasteiger partial charge in [-0.2, -0.15) is 0 Å². The van der Waals surface area contributed by atoms with Crippen molar-refractivity contribution in [1.29, 1.82) is 0 Å². The fourth-order valence-corrected chi connectivity index (χ4v) is 4.62. The van der Waals surface area contributed by atoms with Crippen LogP contribution >= 0.6 is 23.1 Å². The van der Waals surface area contributed by atoms with Crippen molar-refractivity contribution in [2.75, 3.05) is 11.1 Å². The number of carbonyl (C=O) groups is 2. The molecule has 1 unspecified atom stereocenters. The maximum absolute atomic E-state index is 12.3. The summed E-state index contributed by atoms with van der Waals surface area (Å²) < 4.78 is 0. The lowest BCUT2D eigenvalue weighted by molar-refractivity contribution is -0.119. The molecule has 0 aliphatic carbocycles. The van der Waals surface area contributed by atoms with Crippen LogP contribution < -0.4 is 10.6 Å². The average Bonchev–Trinajstić information content (AvgIpc) is 3.16. The summed E-state index contributed by atoms with van der Waals surface area (Å²) in [5, 5.41) is 8.28. The van der Waals surface area contributed by atoms with Gasteiger partial charge in [0.25, 0.3) is 0 Å². The molecule has 7 heteroatoms. The molecule has 1 heterocycles. The number of anilines is 1. The van der Waals surface area contributed by atoms with Gasteiger partial charge in [0.05, 0.1) is 17.5 Å². The number of carbonyl (C=O) groups excluding carboxylic acids is 2. The zero-order valence-corrected chi connectivity index (χ0v) is 19.1. The smallest absolute Gasteiger partial charge is 0.236 e. The highest BCUT2D eigenvalue weighted by atomic mass is 32.2. The van der Waals surface area contributed by atoms with E-state index in [1.165, 1.54) is 41.1 Å². The molecule has 0 aliphatic heterocycles. The molecule has 1 aromatic heterocycles. The zero-order valence-electron chi connectivity index (χ0n) is 17.5. The van der Waals surface area contributed by atoms with Crippen LogP contribution in [0.5, 0.6) is 0 Å². The number of thioether (sulfide) groups is 1. The predicted octanol–water partition coefficient (Wildman–Crippen LogP) is 5.35. The van der Waals surface area contributed by atoms with Gasteiger partial charge in [-0.05, 0) is 38.0 Å². The van der Waals surface area contributed by atoms with Gasteiger partial charge in [0.2, 0.25) is 11.8 Å². The van der Waals surface area contributed by atoms with E-state index in [1.807, 2.05) is 43.5 Å². The Kier molecular flexibility index (Phi) is 7.29. The maximum Gasteiger partial charge on any atom is 0.236 e. The van der Waals surface area contributed by atoms with E-state index >= 15 is 0 Å².